The Balaban J connectivity index is 2.86. The number of aliphatic hydroxyl groups is 1. The van der Waals surface area contributed by atoms with Gasteiger partial charge < -0.3 is 15.7 Å². The molecule has 19 heavy (non-hydrogen) atoms. The monoisotopic (exact) mass is 270 g/mol. The fraction of sp³-hybridized carbons (Fsp3) is 0.692. The average Bonchev–Trinajstić information content (AvgIpc) is 2.40. The van der Waals surface area contributed by atoms with Gasteiger partial charge in [-0.2, -0.15) is 4.98 Å². The summed E-state index contributed by atoms with van der Waals surface area (Å²) in [5.41, 5.74) is -0.383. The Kier molecular flexibility index (Phi) is 5.95. The summed E-state index contributed by atoms with van der Waals surface area (Å²) in [6.07, 6.45) is 3.39. The number of aromatic nitrogens is 2. The van der Waals surface area contributed by atoms with E-state index in [-0.39, 0.29) is 18.0 Å². The van der Waals surface area contributed by atoms with Gasteiger partial charge in [0.2, 0.25) is 5.95 Å². The van der Waals surface area contributed by atoms with E-state index in [9.17, 15) is 4.39 Å². The van der Waals surface area contributed by atoms with Gasteiger partial charge in [-0.05, 0) is 26.2 Å². The molecule has 108 valence electrons. The first kappa shape index (κ1) is 15.6. The van der Waals surface area contributed by atoms with Crippen molar-refractivity contribution in [3.63, 3.8) is 0 Å². The topological polar surface area (TPSA) is 70.1 Å². The Hall–Kier alpha value is -1.43. The molecule has 0 aliphatic carbocycles. The quantitative estimate of drug-likeness (QED) is 0.676. The first-order chi connectivity index (χ1) is 9.04. The predicted octanol–water partition coefficient (Wildman–Crippen LogP) is 2.40. The summed E-state index contributed by atoms with van der Waals surface area (Å²) in [5.74, 6) is 0.0965. The van der Waals surface area contributed by atoms with E-state index < -0.39 is 5.82 Å². The second-order valence-electron chi connectivity index (χ2n) is 4.83. The van der Waals surface area contributed by atoms with Crippen LogP contribution in [0.4, 0.5) is 16.2 Å². The molecule has 1 aromatic rings. The van der Waals surface area contributed by atoms with Gasteiger partial charge in [-0.1, -0.05) is 13.8 Å². The Morgan fingerprint density at radius 1 is 1.42 bits per heavy atom. The maximum absolute atomic E-state index is 13.7. The highest BCUT2D eigenvalue weighted by atomic mass is 19.1. The zero-order chi connectivity index (χ0) is 14.3. The van der Waals surface area contributed by atoms with Gasteiger partial charge in [0.15, 0.2) is 11.6 Å². The van der Waals surface area contributed by atoms with E-state index in [1.807, 2.05) is 20.8 Å². The second-order valence-corrected chi connectivity index (χ2v) is 4.83. The van der Waals surface area contributed by atoms with Crippen LogP contribution in [-0.4, -0.2) is 33.8 Å². The normalized spacial score (nSPS) is 13.9. The van der Waals surface area contributed by atoms with Crippen LogP contribution in [0.3, 0.4) is 0 Å². The molecule has 0 saturated carbocycles. The smallest absolute Gasteiger partial charge is 0.224 e. The lowest BCUT2D eigenvalue weighted by molar-refractivity contribution is 0.251. The average molecular weight is 270 g/mol. The summed E-state index contributed by atoms with van der Waals surface area (Å²) in [5, 5.41) is 15.2. The number of aliphatic hydroxyl groups excluding tert-OH is 1. The predicted molar refractivity (Wildman–Crippen MR) is 74.8 cm³/mol. The molecule has 0 aliphatic rings. The summed E-state index contributed by atoms with van der Waals surface area (Å²) in [6.45, 7) is 6.74. The largest absolute Gasteiger partial charge is 0.396 e. The molecule has 1 atom stereocenters. The second kappa shape index (κ2) is 7.23. The van der Waals surface area contributed by atoms with E-state index in [4.69, 9.17) is 5.11 Å². The molecule has 0 fully saturated rings. The molecule has 0 aromatic carbocycles. The van der Waals surface area contributed by atoms with Crippen LogP contribution < -0.4 is 10.6 Å². The van der Waals surface area contributed by atoms with E-state index in [1.165, 1.54) is 0 Å². The lowest BCUT2D eigenvalue weighted by Gasteiger charge is -2.29. The number of anilines is 2. The molecule has 1 aromatic heterocycles. The minimum absolute atomic E-state index is 0.0466. The van der Waals surface area contributed by atoms with Crippen molar-refractivity contribution in [1.29, 1.82) is 0 Å². The highest BCUT2D eigenvalue weighted by Crippen LogP contribution is 2.22. The minimum Gasteiger partial charge on any atom is -0.396 e. The number of halogens is 1. The third-order valence-corrected chi connectivity index (χ3v) is 3.14. The lowest BCUT2D eigenvalue weighted by atomic mass is 9.95. The Labute approximate surface area is 113 Å². The minimum atomic E-state index is -0.486. The van der Waals surface area contributed by atoms with Crippen LogP contribution >= 0.6 is 0 Å². The van der Waals surface area contributed by atoms with Crippen molar-refractivity contribution in [3.8, 4) is 0 Å². The zero-order valence-electron chi connectivity index (χ0n) is 11.8. The molecular formula is C13H23FN4O. The third kappa shape index (κ3) is 4.63. The number of rotatable bonds is 8. The lowest BCUT2D eigenvalue weighted by Crippen LogP contribution is -2.36. The number of nitrogens with zero attached hydrogens (tertiary/aromatic N) is 2. The first-order valence-corrected chi connectivity index (χ1v) is 6.70. The summed E-state index contributed by atoms with van der Waals surface area (Å²) in [6, 6.07) is 0. The molecule has 1 rings (SSSR count). The molecule has 5 nitrogen and oxygen atoms in total. The van der Waals surface area contributed by atoms with Crippen molar-refractivity contribution in [2.75, 3.05) is 23.8 Å². The van der Waals surface area contributed by atoms with Gasteiger partial charge in [-0.25, -0.2) is 9.37 Å². The Morgan fingerprint density at radius 2 is 2.16 bits per heavy atom. The van der Waals surface area contributed by atoms with Crippen molar-refractivity contribution in [1.82, 2.24) is 9.97 Å². The fourth-order valence-corrected chi connectivity index (χ4v) is 1.64. The van der Waals surface area contributed by atoms with E-state index in [2.05, 4.69) is 20.6 Å². The van der Waals surface area contributed by atoms with Gasteiger partial charge in [0.1, 0.15) is 0 Å². The van der Waals surface area contributed by atoms with Gasteiger partial charge in [0, 0.05) is 18.7 Å². The van der Waals surface area contributed by atoms with Crippen molar-refractivity contribution in [3.05, 3.63) is 12.0 Å². The van der Waals surface area contributed by atoms with Crippen LogP contribution in [-0.2, 0) is 0 Å². The molecule has 1 heterocycles. The summed E-state index contributed by atoms with van der Waals surface area (Å²) < 4.78 is 13.7. The van der Waals surface area contributed by atoms with Crippen LogP contribution in [0.2, 0.25) is 0 Å². The fourth-order valence-electron chi connectivity index (χ4n) is 1.64. The highest BCUT2D eigenvalue weighted by Gasteiger charge is 2.23. The molecule has 0 radical (unpaired) electrons. The maximum Gasteiger partial charge on any atom is 0.224 e. The van der Waals surface area contributed by atoms with Gasteiger partial charge in [0.25, 0.3) is 0 Å². The van der Waals surface area contributed by atoms with E-state index in [1.54, 1.807) is 0 Å². The zero-order valence-corrected chi connectivity index (χ0v) is 11.8. The van der Waals surface area contributed by atoms with Crippen LogP contribution in [0.25, 0.3) is 0 Å². The van der Waals surface area contributed by atoms with Gasteiger partial charge in [-0.3, -0.25) is 0 Å². The molecule has 0 spiro atoms. The van der Waals surface area contributed by atoms with E-state index in [0.29, 0.717) is 12.4 Å². The number of hydrogen-bond acceptors (Lipinski definition) is 5. The molecule has 0 aliphatic heterocycles. The molecular weight excluding hydrogens is 247 g/mol. The standard InChI is InChI=1S/C13H23FN4O/c1-4-7-15-12-16-9-10(14)11(17-12)18-13(3,5-2)6-8-19/h9,19H,4-8H2,1-3H3,(H2,15,16,17,18). The van der Waals surface area contributed by atoms with Crippen LogP contribution in [0.1, 0.15) is 40.0 Å². The number of nitrogens with one attached hydrogen (secondary N) is 2. The maximum atomic E-state index is 13.7. The molecule has 3 N–H and O–H groups in total. The summed E-state index contributed by atoms with van der Waals surface area (Å²) in [7, 11) is 0. The number of hydrogen-bond donors (Lipinski definition) is 3. The SMILES string of the molecule is CCCNc1ncc(F)c(NC(C)(CC)CCO)n1. The van der Waals surface area contributed by atoms with E-state index >= 15 is 0 Å². The molecule has 0 saturated heterocycles. The van der Waals surface area contributed by atoms with Crippen molar-refractivity contribution in [2.45, 2.75) is 45.6 Å². The van der Waals surface area contributed by atoms with Crippen molar-refractivity contribution < 1.29 is 9.50 Å². The van der Waals surface area contributed by atoms with Crippen molar-refractivity contribution in [2.24, 2.45) is 0 Å². The summed E-state index contributed by atoms with van der Waals surface area (Å²) >= 11 is 0. The van der Waals surface area contributed by atoms with Gasteiger partial charge in [-0.15, -0.1) is 0 Å². The molecule has 6 heteroatoms. The van der Waals surface area contributed by atoms with Gasteiger partial charge in [0.05, 0.1) is 6.20 Å². The summed E-state index contributed by atoms with van der Waals surface area (Å²) in [4.78, 5) is 8.03. The van der Waals surface area contributed by atoms with Crippen LogP contribution in [0, 0.1) is 5.82 Å². The van der Waals surface area contributed by atoms with Crippen LogP contribution in [0.5, 0.6) is 0 Å². The Morgan fingerprint density at radius 3 is 2.74 bits per heavy atom. The molecule has 1 unspecified atom stereocenters. The molecule has 0 bridgehead atoms. The first-order valence-electron chi connectivity index (χ1n) is 6.70. The molecule has 0 amide bonds. The Bertz CT molecular complexity index is 402. The van der Waals surface area contributed by atoms with Crippen LogP contribution in [0.15, 0.2) is 6.20 Å². The van der Waals surface area contributed by atoms with E-state index in [0.717, 1.165) is 25.6 Å². The van der Waals surface area contributed by atoms with Crippen molar-refractivity contribution >= 4 is 11.8 Å². The van der Waals surface area contributed by atoms with Gasteiger partial charge >= 0.3 is 0 Å². The highest BCUT2D eigenvalue weighted by molar-refractivity contribution is 5.43. The third-order valence-electron chi connectivity index (χ3n) is 3.14.